The number of rotatable bonds is 6. The molecule has 0 aliphatic carbocycles. The fourth-order valence-electron chi connectivity index (χ4n) is 2.59. The van der Waals surface area contributed by atoms with Gasteiger partial charge in [0.15, 0.2) is 0 Å². The van der Waals surface area contributed by atoms with Crippen LogP contribution in [0.3, 0.4) is 0 Å². The Hall–Kier alpha value is -3.14. The summed E-state index contributed by atoms with van der Waals surface area (Å²) < 4.78 is 5.17. The first-order chi connectivity index (χ1) is 11.5. The van der Waals surface area contributed by atoms with Crippen molar-refractivity contribution in [3.05, 3.63) is 89.0 Å². The molecule has 0 heterocycles. The monoisotopic (exact) mass is 321 g/mol. The molecular weight excluding hydrogens is 302 g/mol. The van der Waals surface area contributed by atoms with Crippen LogP contribution < -0.4 is 4.74 Å². The molecule has 4 nitrogen and oxygen atoms in total. The van der Waals surface area contributed by atoms with E-state index < -0.39 is 0 Å². The summed E-state index contributed by atoms with van der Waals surface area (Å²) in [7, 11) is 1.61. The van der Waals surface area contributed by atoms with E-state index in [1.54, 1.807) is 32.3 Å². The number of methoxy groups -OCH3 is 1. The molecule has 0 bridgehead atoms. The van der Waals surface area contributed by atoms with Gasteiger partial charge in [0.2, 0.25) is 0 Å². The smallest absolute Gasteiger partial charge is 0.280 e. The number of hydrogen-bond acceptors (Lipinski definition) is 3. The van der Waals surface area contributed by atoms with E-state index in [2.05, 4.69) is 13.2 Å². The average molecular weight is 321 g/mol. The molecule has 0 N–H and O–H groups in total. The van der Waals surface area contributed by atoms with Gasteiger partial charge in [0.05, 0.1) is 17.6 Å². The van der Waals surface area contributed by atoms with Crippen LogP contribution >= 0.6 is 0 Å². The van der Waals surface area contributed by atoms with Gasteiger partial charge in [-0.2, -0.15) is 0 Å². The fourth-order valence-corrected chi connectivity index (χ4v) is 2.59. The molecule has 0 aliphatic heterocycles. The molecule has 2 aromatic rings. The Morgan fingerprint density at radius 3 is 2.33 bits per heavy atom. The highest BCUT2D eigenvalue weighted by molar-refractivity contribution is 5.84. The Bertz CT molecular complexity index is 818. The molecule has 0 saturated carbocycles. The Balaban J connectivity index is 2.69. The third-order valence-corrected chi connectivity index (χ3v) is 3.73. The van der Waals surface area contributed by atoms with E-state index in [0.717, 1.165) is 16.9 Å². The van der Waals surface area contributed by atoms with Crippen molar-refractivity contribution < 1.29 is 9.66 Å². The molecule has 4 heteroatoms. The van der Waals surface area contributed by atoms with E-state index in [9.17, 15) is 10.1 Å². The molecule has 2 rings (SSSR count). The zero-order chi connectivity index (χ0) is 17.7. The first kappa shape index (κ1) is 17.2. The molecule has 0 radical (unpaired) electrons. The van der Waals surface area contributed by atoms with Gasteiger partial charge in [-0.3, -0.25) is 10.1 Å². The summed E-state index contributed by atoms with van der Waals surface area (Å²) >= 11 is 0. The number of hydrogen-bond donors (Lipinski definition) is 0. The third kappa shape index (κ3) is 3.43. The van der Waals surface area contributed by atoms with Gasteiger partial charge in [0.25, 0.3) is 5.69 Å². The lowest BCUT2D eigenvalue weighted by Crippen LogP contribution is -1.98. The Morgan fingerprint density at radius 1 is 1.17 bits per heavy atom. The van der Waals surface area contributed by atoms with Gasteiger partial charge in [-0.05, 0) is 47.9 Å². The SMILES string of the molecule is C=C/C=C(\C=C)c1cc(-c2ccc(OC)cc2)cc(C)c1[N+](=O)[O-]. The maximum atomic E-state index is 11.5. The van der Waals surface area contributed by atoms with Crippen molar-refractivity contribution >= 4 is 11.3 Å². The zero-order valence-corrected chi connectivity index (χ0v) is 13.8. The second-order valence-corrected chi connectivity index (χ2v) is 5.24. The Morgan fingerprint density at radius 2 is 1.83 bits per heavy atom. The molecule has 2 aromatic carbocycles. The van der Waals surface area contributed by atoms with Crippen LogP contribution in [0.4, 0.5) is 5.69 Å². The standard InChI is InChI=1S/C20H19NO3/c1-5-7-15(6-2)19-13-17(12-14(3)20(19)21(22)23)16-8-10-18(24-4)11-9-16/h5-13H,1-2H2,3-4H3/b15-7+. The summed E-state index contributed by atoms with van der Waals surface area (Å²) in [5, 5.41) is 11.5. The van der Waals surface area contributed by atoms with Crippen LogP contribution in [0.15, 0.2) is 67.8 Å². The van der Waals surface area contributed by atoms with Gasteiger partial charge in [-0.15, -0.1) is 0 Å². The topological polar surface area (TPSA) is 52.4 Å². The maximum absolute atomic E-state index is 11.5. The second-order valence-electron chi connectivity index (χ2n) is 5.24. The summed E-state index contributed by atoms with van der Waals surface area (Å²) in [6.07, 6.45) is 4.91. The molecule has 0 saturated heterocycles. The highest BCUT2D eigenvalue weighted by Gasteiger charge is 2.20. The first-order valence-corrected chi connectivity index (χ1v) is 7.40. The molecule has 0 unspecified atom stereocenters. The quantitative estimate of drug-likeness (QED) is 0.410. The van der Waals surface area contributed by atoms with Gasteiger partial charge >= 0.3 is 0 Å². The highest BCUT2D eigenvalue weighted by Crippen LogP contribution is 2.35. The maximum Gasteiger partial charge on any atom is 0.280 e. The van der Waals surface area contributed by atoms with E-state index in [4.69, 9.17) is 4.74 Å². The number of nitro benzene ring substituents is 1. The summed E-state index contributed by atoms with van der Waals surface area (Å²) in [4.78, 5) is 11.1. The second kappa shape index (κ2) is 7.42. The highest BCUT2D eigenvalue weighted by atomic mass is 16.6. The minimum Gasteiger partial charge on any atom is -0.497 e. The largest absolute Gasteiger partial charge is 0.497 e. The van der Waals surface area contributed by atoms with Crippen molar-refractivity contribution in [1.82, 2.24) is 0 Å². The lowest BCUT2D eigenvalue weighted by Gasteiger charge is -2.11. The third-order valence-electron chi connectivity index (χ3n) is 3.73. The molecular formula is C20H19NO3. The summed E-state index contributed by atoms with van der Waals surface area (Å²) in [6.45, 7) is 9.16. The van der Waals surface area contributed by atoms with Crippen molar-refractivity contribution in [2.45, 2.75) is 6.92 Å². The lowest BCUT2D eigenvalue weighted by atomic mass is 9.94. The average Bonchev–Trinajstić information content (AvgIpc) is 2.58. The van der Waals surface area contributed by atoms with E-state index in [0.29, 0.717) is 16.7 Å². The van der Waals surface area contributed by atoms with Crippen molar-refractivity contribution in [1.29, 1.82) is 0 Å². The number of aryl methyl sites for hydroxylation is 1. The van der Waals surface area contributed by atoms with E-state index in [-0.39, 0.29) is 10.6 Å². The van der Waals surface area contributed by atoms with E-state index in [1.807, 2.05) is 36.4 Å². The van der Waals surface area contributed by atoms with Crippen LogP contribution in [0.5, 0.6) is 5.75 Å². The lowest BCUT2D eigenvalue weighted by molar-refractivity contribution is -0.385. The molecule has 0 aliphatic rings. The minimum atomic E-state index is -0.358. The number of nitrogens with zero attached hydrogens (tertiary/aromatic N) is 1. The van der Waals surface area contributed by atoms with Crippen LogP contribution in [0.2, 0.25) is 0 Å². The van der Waals surface area contributed by atoms with Crippen molar-refractivity contribution in [2.24, 2.45) is 0 Å². The van der Waals surface area contributed by atoms with Crippen LogP contribution in [0.1, 0.15) is 11.1 Å². The predicted octanol–water partition coefficient (Wildman–Crippen LogP) is 5.33. The molecule has 0 spiro atoms. The summed E-state index contributed by atoms with van der Waals surface area (Å²) in [5.41, 5.74) is 3.72. The van der Waals surface area contributed by atoms with Crippen molar-refractivity contribution in [3.63, 3.8) is 0 Å². The number of allylic oxidation sites excluding steroid dienone is 4. The zero-order valence-electron chi connectivity index (χ0n) is 13.8. The van der Waals surface area contributed by atoms with Gasteiger partial charge in [-0.25, -0.2) is 0 Å². The minimum absolute atomic E-state index is 0.0836. The summed E-state index contributed by atoms with van der Waals surface area (Å²) in [5.74, 6) is 0.760. The molecule has 0 aromatic heterocycles. The van der Waals surface area contributed by atoms with Crippen LogP contribution in [0.25, 0.3) is 16.7 Å². The van der Waals surface area contributed by atoms with Gasteiger partial charge in [0, 0.05) is 5.56 Å². The molecule has 0 fully saturated rings. The van der Waals surface area contributed by atoms with Crippen LogP contribution in [0, 0.1) is 17.0 Å². The Kier molecular flexibility index (Phi) is 5.32. The van der Waals surface area contributed by atoms with E-state index >= 15 is 0 Å². The van der Waals surface area contributed by atoms with Crippen molar-refractivity contribution in [3.8, 4) is 16.9 Å². The van der Waals surface area contributed by atoms with E-state index in [1.165, 1.54) is 0 Å². The molecule has 0 atom stereocenters. The summed E-state index contributed by atoms with van der Waals surface area (Å²) in [6, 6.07) is 11.2. The van der Waals surface area contributed by atoms with Crippen LogP contribution in [-0.2, 0) is 0 Å². The number of benzene rings is 2. The Labute approximate surface area is 141 Å². The molecule has 24 heavy (non-hydrogen) atoms. The predicted molar refractivity (Wildman–Crippen MR) is 98.2 cm³/mol. The molecule has 122 valence electrons. The van der Waals surface area contributed by atoms with Gasteiger partial charge in [0.1, 0.15) is 5.75 Å². The number of nitro groups is 1. The van der Waals surface area contributed by atoms with Crippen LogP contribution in [-0.4, -0.2) is 12.0 Å². The van der Waals surface area contributed by atoms with Crippen molar-refractivity contribution in [2.75, 3.05) is 7.11 Å². The number of ether oxygens (including phenoxy) is 1. The van der Waals surface area contributed by atoms with Gasteiger partial charge in [-0.1, -0.05) is 43.5 Å². The normalized spacial score (nSPS) is 11.0. The van der Waals surface area contributed by atoms with Gasteiger partial charge < -0.3 is 4.74 Å². The fraction of sp³-hybridized carbons (Fsp3) is 0.100. The molecule has 0 amide bonds. The first-order valence-electron chi connectivity index (χ1n) is 7.40.